The van der Waals surface area contributed by atoms with E-state index in [1.165, 1.54) is 0 Å². The standard InChI is InChI=1S/C18H24N4O2/c19-9-3-11-23-17-7-1-5-15(13-17)21-22-16-6-2-8-18(14-16)24-12-4-10-20/h1-2,5-8,13-14H,3-4,9-12,19-20H2/b22-21-. The van der Waals surface area contributed by atoms with E-state index in [-0.39, 0.29) is 0 Å². The highest BCUT2D eigenvalue weighted by Gasteiger charge is 1.98. The van der Waals surface area contributed by atoms with Crippen molar-refractivity contribution in [3.8, 4) is 11.5 Å². The van der Waals surface area contributed by atoms with Gasteiger partial charge in [0.1, 0.15) is 11.5 Å². The Morgan fingerprint density at radius 2 is 1.17 bits per heavy atom. The van der Waals surface area contributed by atoms with Crippen LogP contribution in [0, 0.1) is 0 Å². The quantitative estimate of drug-likeness (QED) is 0.515. The summed E-state index contributed by atoms with van der Waals surface area (Å²) in [5.74, 6) is 1.53. The molecule has 6 heteroatoms. The van der Waals surface area contributed by atoms with E-state index in [4.69, 9.17) is 20.9 Å². The second-order valence-electron chi connectivity index (χ2n) is 5.18. The summed E-state index contributed by atoms with van der Waals surface area (Å²) < 4.78 is 11.2. The first-order valence-corrected chi connectivity index (χ1v) is 8.09. The van der Waals surface area contributed by atoms with Crippen LogP contribution in [0.25, 0.3) is 0 Å². The third-order valence-corrected chi connectivity index (χ3v) is 3.15. The smallest absolute Gasteiger partial charge is 0.121 e. The molecule has 0 bridgehead atoms. The maximum Gasteiger partial charge on any atom is 0.121 e. The number of hydrogen-bond donors (Lipinski definition) is 2. The molecule has 0 fully saturated rings. The molecule has 0 aliphatic heterocycles. The highest BCUT2D eigenvalue weighted by atomic mass is 16.5. The van der Waals surface area contributed by atoms with Gasteiger partial charge in [0.25, 0.3) is 0 Å². The Hall–Kier alpha value is -2.44. The minimum absolute atomic E-state index is 0.597. The van der Waals surface area contributed by atoms with Gasteiger partial charge in [-0.15, -0.1) is 0 Å². The highest BCUT2D eigenvalue weighted by molar-refractivity contribution is 5.46. The Bertz CT molecular complexity index is 591. The Morgan fingerprint density at radius 3 is 1.58 bits per heavy atom. The average molecular weight is 328 g/mol. The number of nitrogens with zero attached hydrogens (tertiary/aromatic N) is 2. The highest BCUT2D eigenvalue weighted by Crippen LogP contribution is 2.25. The van der Waals surface area contributed by atoms with E-state index in [9.17, 15) is 0 Å². The number of benzene rings is 2. The molecule has 2 aromatic rings. The maximum atomic E-state index is 5.60. The molecule has 0 heterocycles. The van der Waals surface area contributed by atoms with Crippen molar-refractivity contribution in [3.63, 3.8) is 0 Å². The van der Waals surface area contributed by atoms with Crippen molar-refractivity contribution in [1.29, 1.82) is 0 Å². The van der Waals surface area contributed by atoms with Gasteiger partial charge < -0.3 is 20.9 Å². The second-order valence-corrected chi connectivity index (χ2v) is 5.18. The van der Waals surface area contributed by atoms with Crippen LogP contribution in [0.3, 0.4) is 0 Å². The van der Waals surface area contributed by atoms with E-state index in [2.05, 4.69) is 10.2 Å². The molecular weight excluding hydrogens is 304 g/mol. The SMILES string of the molecule is NCCCOc1cccc(/N=N\c2cccc(OCCCN)c2)c1. The van der Waals surface area contributed by atoms with Crippen LogP contribution in [0.5, 0.6) is 11.5 Å². The summed E-state index contributed by atoms with van der Waals surface area (Å²) in [5, 5.41) is 8.50. The summed E-state index contributed by atoms with van der Waals surface area (Å²) in [4.78, 5) is 0. The van der Waals surface area contributed by atoms with E-state index in [1.807, 2.05) is 48.5 Å². The van der Waals surface area contributed by atoms with E-state index < -0.39 is 0 Å². The molecule has 0 unspecified atom stereocenters. The minimum atomic E-state index is 0.597. The zero-order valence-electron chi connectivity index (χ0n) is 13.7. The Morgan fingerprint density at radius 1 is 0.708 bits per heavy atom. The van der Waals surface area contributed by atoms with Crippen LogP contribution in [0.4, 0.5) is 11.4 Å². The summed E-state index contributed by atoms with van der Waals surface area (Å²) in [7, 11) is 0. The predicted octanol–water partition coefficient (Wildman–Crippen LogP) is 3.56. The van der Waals surface area contributed by atoms with Crippen LogP contribution in [-0.2, 0) is 0 Å². The maximum absolute atomic E-state index is 5.60. The fourth-order valence-electron chi connectivity index (χ4n) is 1.93. The van der Waals surface area contributed by atoms with Gasteiger partial charge in [-0.25, -0.2) is 0 Å². The Balaban J connectivity index is 1.97. The van der Waals surface area contributed by atoms with Crippen molar-refractivity contribution in [3.05, 3.63) is 48.5 Å². The van der Waals surface area contributed by atoms with Crippen molar-refractivity contribution in [1.82, 2.24) is 0 Å². The lowest BCUT2D eigenvalue weighted by Crippen LogP contribution is -2.05. The molecular formula is C18H24N4O2. The molecule has 0 aliphatic rings. The van der Waals surface area contributed by atoms with Gasteiger partial charge in [-0.05, 0) is 50.2 Å². The van der Waals surface area contributed by atoms with E-state index >= 15 is 0 Å². The fourth-order valence-corrected chi connectivity index (χ4v) is 1.93. The summed E-state index contributed by atoms with van der Waals surface area (Å²) >= 11 is 0. The summed E-state index contributed by atoms with van der Waals surface area (Å²) in [6.45, 7) is 2.42. The lowest BCUT2D eigenvalue weighted by Gasteiger charge is -2.06. The molecule has 0 amide bonds. The topological polar surface area (TPSA) is 95.2 Å². The van der Waals surface area contributed by atoms with Crippen LogP contribution in [-0.4, -0.2) is 26.3 Å². The van der Waals surface area contributed by atoms with E-state index in [0.29, 0.717) is 26.3 Å². The van der Waals surface area contributed by atoms with Gasteiger partial charge >= 0.3 is 0 Å². The van der Waals surface area contributed by atoms with Gasteiger partial charge in [0.05, 0.1) is 24.6 Å². The van der Waals surface area contributed by atoms with Gasteiger partial charge in [-0.3, -0.25) is 0 Å². The first kappa shape index (κ1) is 17.9. The van der Waals surface area contributed by atoms with Crippen LogP contribution in [0.15, 0.2) is 58.8 Å². The third-order valence-electron chi connectivity index (χ3n) is 3.15. The zero-order chi connectivity index (χ0) is 17.0. The number of ether oxygens (including phenoxy) is 2. The molecule has 0 spiro atoms. The third kappa shape index (κ3) is 6.36. The van der Waals surface area contributed by atoms with Crippen molar-refractivity contribution in [2.24, 2.45) is 21.7 Å². The molecule has 0 aromatic heterocycles. The molecule has 0 radical (unpaired) electrons. The fraction of sp³-hybridized carbons (Fsp3) is 0.333. The molecule has 6 nitrogen and oxygen atoms in total. The predicted molar refractivity (Wildman–Crippen MR) is 95.4 cm³/mol. The van der Waals surface area contributed by atoms with Crippen molar-refractivity contribution < 1.29 is 9.47 Å². The summed E-state index contributed by atoms with van der Waals surface area (Å²) in [5.41, 5.74) is 12.4. The molecule has 2 rings (SSSR count). The largest absolute Gasteiger partial charge is 0.493 e. The Labute approximate surface area is 142 Å². The number of azo groups is 1. The number of nitrogens with two attached hydrogens (primary N) is 2. The van der Waals surface area contributed by atoms with Crippen molar-refractivity contribution >= 4 is 11.4 Å². The van der Waals surface area contributed by atoms with Gasteiger partial charge in [-0.2, -0.15) is 10.2 Å². The molecule has 0 saturated carbocycles. The van der Waals surface area contributed by atoms with Crippen molar-refractivity contribution in [2.45, 2.75) is 12.8 Å². The van der Waals surface area contributed by atoms with Crippen LogP contribution in [0.1, 0.15) is 12.8 Å². The van der Waals surface area contributed by atoms with Crippen LogP contribution >= 0.6 is 0 Å². The first-order chi connectivity index (χ1) is 11.8. The minimum Gasteiger partial charge on any atom is -0.493 e. The first-order valence-electron chi connectivity index (χ1n) is 8.09. The van der Waals surface area contributed by atoms with Gasteiger partial charge in [0.2, 0.25) is 0 Å². The van der Waals surface area contributed by atoms with E-state index in [0.717, 1.165) is 35.7 Å². The molecule has 24 heavy (non-hydrogen) atoms. The normalized spacial score (nSPS) is 10.9. The van der Waals surface area contributed by atoms with Gasteiger partial charge in [-0.1, -0.05) is 12.1 Å². The summed E-state index contributed by atoms with van der Waals surface area (Å²) in [6, 6.07) is 15.0. The molecule has 2 aromatic carbocycles. The lowest BCUT2D eigenvalue weighted by atomic mass is 10.3. The Kier molecular flexibility index (Phi) is 7.73. The molecule has 0 atom stereocenters. The average Bonchev–Trinajstić information content (AvgIpc) is 2.61. The molecule has 4 N–H and O–H groups in total. The van der Waals surface area contributed by atoms with Crippen molar-refractivity contribution in [2.75, 3.05) is 26.3 Å². The molecule has 0 saturated heterocycles. The van der Waals surface area contributed by atoms with Gasteiger partial charge in [0.15, 0.2) is 0 Å². The monoisotopic (exact) mass is 328 g/mol. The zero-order valence-corrected chi connectivity index (χ0v) is 13.7. The molecule has 128 valence electrons. The molecule has 0 aliphatic carbocycles. The van der Waals surface area contributed by atoms with Gasteiger partial charge in [0, 0.05) is 12.1 Å². The lowest BCUT2D eigenvalue weighted by molar-refractivity contribution is 0.313. The summed E-state index contributed by atoms with van der Waals surface area (Å²) in [6.07, 6.45) is 1.64. The van der Waals surface area contributed by atoms with Crippen LogP contribution < -0.4 is 20.9 Å². The van der Waals surface area contributed by atoms with Crippen LogP contribution in [0.2, 0.25) is 0 Å². The second kappa shape index (κ2) is 10.4. The number of hydrogen-bond acceptors (Lipinski definition) is 6. The number of rotatable bonds is 10. The van der Waals surface area contributed by atoms with E-state index in [1.54, 1.807) is 0 Å².